The second kappa shape index (κ2) is 5.16. The molecule has 2 atom stereocenters. The summed E-state index contributed by atoms with van der Waals surface area (Å²) < 4.78 is 3.09. The van der Waals surface area contributed by atoms with E-state index in [-0.39, 0.29) is 10.9 Å². The van der Waals surface area contributed by atoms with Crippen LogP contribution in [0.5, 0.6) is 0 Å². The normalized spacial score (nSPS) is 26.5. The van der Waals surface area contributed by atoms with Crippen molar-refractivity contribution < 1.29 is 19.1 Å². The Bertz CT molecular complexity index is 488. The third-order valence-corrected chi connectivity index (χ3v) is 4.04. The second-order valence-electron chi connectivity index (χ2n) is 3.98. The number of ether oxygens (including phenoxy) is 1. The van der Waals surface area contributed by atoms with E-state index in [1.54, 1.807) is 13.0 Å². The lowest BCUT2D eigenvalue weighted by molar-refractivity contribution is -0.157. The molecule has 0 spiro atoms. The fourth-order valence-corrected chi connectivity index (χ4v) is 3.01. The van der Waals surface area contributed by atoms with E-state index in [9.17, 15) is 14.4 Å². The summed E-state index contributed by atoms with van der Waals surface area (Å²) in [5, 5.41) is -0.739. The van der Waals surface area contributed by atoms with Crippen molar-refractivity contribution in [3.05, 3.63) is 11.8 Å². The Labute approximate surface area is 128 Å². The van der Waals surface area contributed by atoms with Crippen molar-refractivity contribution in [3.8, 4) is 0 Å². The molecule has 2 aliphatic rings. The van der Waals surface area contributed by atoms with Gasteiger partial charge in [-0.25, -0.2) is 4.79 Å². The molecule has 0 aromatic carbocycles. The molecule has 0 aliphatic carbocycles. The van der Waals surface area contributed by atoms with E-state index < -0.39 is 33.4 Å². The molecule has 0 N–H and O–H groups in total. The van der Waals surface area contributed by atoms with E-state index in [0.29, 0.717) is 0 Å². The quantitative estimate of drug-likeness (QED) is 0.330. The first-order valence-corrected chi connectivity index (χ1v) is 7.27. The monoisotopic (exact) mass is 343 g/mol. The Balaban J connectivity index is 2.12. The van der Waals surface area contributed by atoms with Gasteiger partial charge < -0.3 is 4.74 Å². The van der Waals surface area contributed by atoms with Gasteiger partial charge in [-0.1, -0.05) is 34.8 Å². The minimum Gasteiger partial charge on any atom is -0.456 e. The molecule has 0 bridgehead atoms. The van der Waals surface area contributed by atoms with Crippen LogP contribution in [-0.4, -0.2) is 43.6 Å². The van der Waals surface area contributed by atoms with Crippen LogP contribution in [0.15, 0.2) is 11.8 Å². The molecule has 1 saturated heterocycles. The van der Waals surface area contributed by atoms with Crippen LogP contribution < -0.4 is 0 Å². The van der Waals surface area contributed by atoms with Gasteiger partial charge in [-0.3, -0.25) is 14.5 Å². The summed E-state index contributed by atoms with van der Waals surface area (Å²) >= 11 is 17.7. The van der Waals surface area contributed by atoms with E-state index >= 15 is 0 Å². The minimum absolute atomic E-state index is 0.0232. The van der Waals surface area contributed by atoms with Crippen LogP contribution >= 0.6 is 46.6 Å². The maximum Gasteiger partial charge on any atom is 0.354 e. The van der Waals surface area contributed by atoms with Crippen molar-refractivity contribution in [1.82, 2.24) is 4.90 Å². The SMILES string of the molecule is CC1C=C(C(=O)OCC(Cl)(Cl)Cl)N2C(=O)C(=O)[C@@H]2S1. The fraction of sp³-hybridized carbons (Fsp3) is 0.500. The molecular formula is C10H8Cl3NO4S. The number of ketones is 1. The number of carbonyl (C=O) groups excluding carboxylic acids is 3. The average Bonchev–Trinajstić information content (AvgIpc) is 2.33. The summed E-state index contributed by atoms with van der Waals surface area (Å²) in [7, 11) is 0. The number of β-lactam (4-membered cyclic amide) rings is 1. The zero-order valence-corrected chi connectivity index (χ0v) is 12.6. The van der Waals surface area contributed by atoms with Gasteiger partial charge in [0.25, 0.3) is 11.7 Å². The van der Waals surface area contributed by atoms with Crippen molar-refractivity contribution in [2.75, 3.05) is 6.61 Å². The number of carbonyl (C=O) groups is 3. The molecule has 1 unspecified atom stereocenters. The highest BCUT2D eigenvalue weighted by Crippen LogP contribution is 2.38. The summed E-state index contributed by atoms with van der Waals surface area (Å²) in [5.74, 6) is -2.03. The highest BCUT2D eigenvalue weighted by atomic mass is 35.6. The predicted octanol–water partition coefficient (Wildman–Crippen LogP) is 1.66. The highest BCUT2D eigenvalue weighted by molar-refractivity contribution is 8.01. The van der Waals surface area contributed by atoms with Gasteiger partial charge in [0.05, 0.1) is 0 Å². The molecule has 2 heterocycles. The number of thioether (sulfide) groups is 1. The molecule has 1 amide bonds. The number of Topliss-reactive ketones (excluding diaryl/α,β-unsaturated/α-hetero) is 1. The van der Waals surface area contributed by atoms with Crippen LogP contribution in [0.3, 0.4) is 0 Å². The summed E-state index contributed by atoms with van der Waals surface area (Å²) in [6.07, 6.45) is 1.55. The molecule has 5 nitrogen and oxygen atoms in total. The molecular weight excluding hydrogens is 337 g/mol. The minimum atomic E-state index is -1.72. The van der Waals surface area contributed by atoms with Crippen molar-refractivity contribution in [2.24, 2.45) is 0 Å². The number of hydrogen-bond donors (Lipinski definition) is 0. The molecule has 0 saturated carbocycles. The standard InChI is InChI=1S/C10H8Cl3NO4S/c1-4-2-5(9(17)18-3-10(11,12)13)14-7(16)6(15)8(14)19-4/h2,4,8H,3H2,1H3/t4?,8-/m0/s1. The topological polar surface area (TPSA) is 63.7 Å². The average molecular weight is 345 g/mol. The van der Waals surface area contributed by atoms with Crippen LogP contribution in [0.2, 0.25) is 0 Å². The second-order valence-corrected chi connectivity index (χ2v) is 7.95. The van der Waals surface area contributed by atoms with E-state index in [1.807, 2.05) is 0 Å². The van der Waals surface area contributed by atoms with E-state index in [0.717, 1.165) is 4.90 Å². The number of rotatable bonds is 2. The predicted molar refractivity (Wildman–Crippen MR) is 72.0 cm³/mol. The summed E-state index contributed by atoms with van der Waals surface area (Å²) in [5.41, 5.74) is 0.0232. The van der Waals surface area contributed by atoms with Crippen LogP contribution in [0.4, 0.5) is 0 Å². The number of nitrogens with zero attached hydrogens (tertiary/aromatic N) is 1. The number of halogens is 3. The van der Waals surface area contributed by atoms with Gasteiger partial charge in [0, 0.05) is 5.25 Å². The van der Waals surface area contributed by atoms with Gasteiger partial charge in [-0.05, 0) is 13.0 Å². The lowest BCUT2D eigenvalue weighted by Gasteiger charge is -2.42. The van der Waals surface area contributed by atoms with Crippen LogP contribution in [-0.2, 0) is 19.1 Å². The van der Waals surface area contributed by atoms with E-state index in [4.69, 9.17) is 39.5 Å². The maximum atomic E-state index is 11.9. The summed E-state index contributed by atoms with van der Waals surface area (Å²) in [4.78, 5) is 35.8. The number of alkyl halides is 3. The molecule has 0 radical (unpaired) electrons. The lowest BCUT2D eigenvalue weighted by Crippen LogP contribution is -2.62. The Morgan fingerprint density at radius 3 is 2.68 bits per heavy atom. The van der Waals surface area contributed by atoms with Crippen LogP contribution in [0.25, 0.3) is 0 Å². The Hall–Kier alpha value is -0.430. The Morgan fingerprint density at radius 1 is 1.47 bits per heavy atom. The number of amides is 1. The molecule has 2 aliphatic heterocycles. The summed E-state index contributed by atoms with van der Waals surface area (Å²) in [6, 6.07) is 0. The van der Waals surface area contributed by atoms with Crippen molar-refractivity contribution in [1.29, 1.82) is 0 Å². The van der Waals surface area contributed by atoms with Gasteiger partial charge in [-0.15, -0.1) is 11.8 Å². The van der Waals surface area contributed by atoms with Gasteiger partial charge in [0.15, 0.2) is 5.37 Å². The number of hydrogen-bond acceptors (Lipinski definition) is 5. The van der Waals surface area contributed by atoms with E-state index in [2.05, 4.69) is 0 Å². The first kappa shape index (κ1) is 15.0. The van der Waals surface area contributed by atoms with Crippen LogP contribution in [0.1, 0.15) is 6.92 Å². The Morgan fingerprint density at radius 2 is 2.11 bits per heavy atom. The molecule has 9 heteroatoms. The fourth-order valence-electron chi connectivity index (χ4n) is 1.67. The van der Waals surface area contributed by atoms with Crippen molar-refractivity contribution >= 4 is 64.2 Å². The smallest absolute Gasteiger partial charge is 0.354 e. The van der Waals surface area contributed by atoms with Crippen LogP contribution in [0, 0.1) is 0 Å². The first-order valence-electron chi connectivity index (χ1n) is 5.19. The van der Waals surface area contributed by atoms with Gasteiger partial charge in [0.1, 0.15) is 12.3 Å². The first-order chi connectivity index (χ1) is 8.70. The Kier molecular flexibility index (Phi) is 4.07. The van der Waals surface area contributed by atoms with Gasteiger partial charge in [0.2, 0.25) is 3.79 Å². The molecule has 19 heavy (non-hydrogen) atoms. The lowest BCUT2D eigenvalue weighted by atomic mass is 10.1. The van der Waals surface area contributed by atoms with E-state index in [1.165, 1.54) is 11.8 Å². The van der Waals surface area contributed by atoms with Crippen molar-refractivity contribution in [3.63, 3.8) is 0 Å². The largest absolute Gasteiger partial charge is 0.456 e. The van der Waals surface area contributed by atoms with Gasteiger partial charge in [-0.2, -0.15) is 0 Å². The third-order valence-electron chi connectivity index (χ3n) is 2.46. The molecule has 1 fully saturated rings. The number of esters is 1. The van der Waals surface area contributed by atoms with Gasteiger partial charge >= 0.3 is 5.97 Å². The van der Waals surface area contributed by atoms with Crippen molar-refractivity contribution in [2.45, 2.75) is 21.3 Å². The zero-order chi connectivity index (χ0) is 14.4. The molecule has 0 aromatic heterocycles. The molecule has 104 valence electrons. The third kappa shape index (κ3) is 3.02. The molecule has 0 aromatic rings. The zero-order valence-electron chi connectivity index (χ0n) is 9.56. The maximum absolute atomic E-state index is 11.9. The highest BCUT2D eigenvalue weighted by Gasteiger charge is 2.53. The molecule has 2 rings (SSSR count). The number of fused-ring (bicyclic) bond motifs is 1. The summed E-state index contributed by atoms with van der Waals surface area (Å²) in [6.45, 7) is 1.37.